The lowest BCUT2D eigenvalue weighted by molar-refractivity contribution is 0.171. The first-order chi connectivity index (χ1) is 13.1. The van der Waals surface area contributed by atoms with E-state index in [4.69, 9.17) is 9.47 Å². The predicted octanol–water partition coefficient (Wildman–Crippen LogP) is 4.66. The molecule has 1 aliphatic rings. The minimum Gasteiger partial charge on any atom is -0.486 e. The molecule has 0 spiro atoms. The highest BCUT2D eigenvalue weighted by atomic mass is 16.6. The zero-order valence-corrected chi connectivity index (χ0v) is 15.7. The van der Waals surface area contributed by atoms with Crippen LogP contribution in [0.5, 0.6) is 11.5 Å². The fourth-order valence-corrected chi connectivity index (χ4v) is 3.25. The fraction of sp³-hybridized carbons (Fsp3) is 0.238. The second-order valence-corrected chi connectivity index (χ2v) is 6.65. The average molecular weight is 362 g/mol. The van der Waals surface area contributed by atoms with Gasteiger partial charge in [0.1, 0.15) is 19.0 Å². The molecule has 27 heavy (non-hydrogen) atoms. The number of nitrogens with one attached hydrogen (secondary N) is 2. The average Bonchev–Trinajstić information content (AvgIpc) is 2.65. The number of ether oxygens (including phenoxy) is 2. The van der Waals surface area contributed by atoms with Crippen molar-refractivity contribution in [2.45, 2.75) is 20.8 Å². The standard InChI is InChI=1S/C21H22N4O2/c1-13-10-14(2)20(15(3)11-13)25-21-22-7-6-19(24-21)23-16-4-5-17-18(12-16)27-9-8-26-17/h4-7,10-12H,8-9H2,1-3H3,(H2,22,23,24,25). The monoisotopic (exact) mass is 362 g/mol. The number of anilines is 4. The van der Waals surface area contributed by atoms with Gasteiger partial charge in [0.05, 0.1) is 0 Å². The number of rotatable bonds is 4. The van der Waals surface area contributed by atoms with Gasteiger partial charge in [-0.2, -0.15) is 4.98 Å². The zero-order valence-electron chi connectivity index (χ0n) is 15.7. The topological polar surface area (TPSA) is 68.3 Å². The summed E-state index contributed by atoms with van der Waals surface area (Å²) in [5.74, 6) is 2.76. The molecule has 1 aromatic heterocycles. The zero-order chi connectivity index (χ0) is 18.8. The molecule has 0 fully saturated rings. The van der Waals surface area contributed by atoms with Crippen LogP contribution >= 0.6 is 0 Å². The summed E-state index contributed by atoms with van der Waals surface area (Å²) >= 11 is 0. The Hall–Kier alpha value is -3.28. The van der Waals surface area contributed by atoms with E-state index >= 15 is 0 Å². The van der Waals surface area contributed by atoms with Crippen LogP contribution < -0.4 is 20.1 Å². The van der Waals surface area contributed by atoms with Gasteiger partial charge in [-0.15, -0.1) is 0 Å². The molecule has 6 heteroatoms. The van der Waals surface area contributed by atoms with Gasteiger partial charge in [0, 0.05) is 23.6 Å². The van der Waals surface area contributed by atoms with Crippen LogP contribution in [-0.2, 0) is 0 Å². The summed E-state index contributed by atoms with van der Waals surface area (Å²) in [6.07, 6.45) is 1.73. The van der Waals surface area contributed by atoms with Crippen molar-refractivity contribution in [2.75, 3.05) is 23.8 Å². The maximum Gasteiger partial charge on any atom is 0.229 e. The first-order valence-corrected chi connectivity index (χ1v) is 8.93. The minimum absolute atomic E-state index is 0.549. The third-order valence-corrected chi connectivity index (χ3v) is 4.38. The predicted molar refractivity (Wildman–Crippen MR) is 107 cm³/mol. The summed E-state index contributed by atoms with van der Waals surface area (Å²) in [4.78, 5) is 8.92. The van der Waals surface area contributed by atoms with Gasteiger partial charge >= 0.3 is 0 Å². The summed E-state index contributed by atoms with van der Waals surface area (Å²) in [6.45, 7) is 7.41. The normalized spacial score (nSPS) is 12.6. The molecule has 2 heterocycles. The molecule has 6 nitrogen and oxygen atoms in total. The smallest absolute Gasteiger partial charge is 0.229 e. The summed E-state index contributed by atoms with van der Waals surface area (Å²) < 4.78 is 11.2. The number of aryl methyl sites for hydroxylation is 3. The van der Waals surface area contributed by atoms with Crippen molar-refractivity contribution in [1.82, 2.24) is 9.97 Å². The molecule has 0 bridgehead atoms. The lowest BCUT2D eigenvalue weighted by Crippen LogP contribution is -2.15. The number of fused-ring (bicyclic) bond motifs is 1. The largest absolute Gasteiger partial charge is 0.486 e. The quantitative estimate of drug-likeness (QED) is 0.703. The van der Waals surface area contributed by atoms with Crippen molar-refractivity contribution < 1.29 is 9.47 Å². The van der Waals surface area contributed by atoms with E-state index in [0.717, 1.165) is 22.9 Å². The maximum absolute atomic E-state index is 5.63. The van der Waals surface area contributed by atoms with Gasteiger partial charge in [-0.25, -0.2) is 4.98 Å². The Morgan fingerprint density at radius 1 is 0.852 bits per heavy atom. The molecular formula is C21H22N4O2. The molecule has 0 amide bonds. The Bertz CT molecular complexity index is 965. The molecule has 0 saturated carbocycles. The van der Waals surface area contributed by atoms with Crippen molar-refractivity contribution >= 4 is 23.1 Å². The van der Waals surface area contributed by atoms with E-state index in [-0.39, 0.29) is 0 Å². The SMILES string of the molecule is Cc1cc(C)c(Nc2nccc(Nc3ccc4c(c3)OCCO4)n2)c(C)c1. The molecule has 0 radical (unpaired) electrons. The Labute approximate surface area is 158 Å². The minimum atomic E-state index is 0.549. The molecule has 3 aromatic rings. The number of aromatic nitrogens is 2. The first-order valence-electron chi connectivity index (χ1n) is 8.93. The van der Waals surface area contributed by atoms with E-state index in [0.29, 0.717) is 25.0 Å². The van der Waals surface area contributed by atoms with Crippen molar-refractivity contribution in [1.29, 1.82) is 0 Å². The number of hydrogen-bond donors (Lipinski definition) is 2. The van der Waals surface area contributed by atoms with E-state index in [2.05, 4.69) is 53.5 Å². The summed E-state index contributed by atoms with van der Waals surface area (Å²) in [7, 11) is 0. The molecule has 138 valence electrons. The summed E-state index contributed by atoms with van der Waals surface area (Å²) in [6, 6.07) is 11.9. The van der Waals surface area contributed by atoms with Crippen LogP contribution in [-0.4, -0.2) is 23.2 Å². The Kier molecular flexibility index (Phi) is 4.54. The number of nitrogens with zero attached hydrogens (tertiary/aromatic N) is 2. The van der Waals surface area contributed by atoms with Gasteiger partial charge in [-0.05, 0) is 50.1 Å². The van der Waals surface area contributed by atoms with Crippen LogP contribution in [0, 0.1) is 20.8 Å². The highest BCUT2D eigenvalue weighted by molar-refractivity contribution is 5.66. The molecule has 4 rings (SSSR count). The van der Waals surface area contributed by atoms with Crippen molar-refractivity contribution in [3.05, 3.63) is 59.3 Å². The van der Waals surface area contributed by atoms with Gasteiger partial charge < -0.3 is 20.1 Å². The van der Waals surface area contributed by atoms with Gasteiger partial charge in [-0.3, -0.25) is 0 Å². The van der Waals surface area contributed by atoms with E-state index in [1.54, 1.807) is 6.20 Å². The van der Waals surface area contributed by atoms with Gasteiger partial charge in [0.25, 0.3) is 0 Å². The van der Waals surface area contributed by atoms with E-state index in [1.807, 2.05) is 24.3 Å². The van der Waals surface area contributed by atoms with Crippen molar-refractivity contribution in [3.8, 4) is 11.5 Å². The third kappa shape index (κ3) is 3.79. The van der Waals surface area contributed by atoms with Gasteiger partial charge in [-0.1, -0.05) is 17.7 Å². The second-order valence-electron chi connectivity index (χ2n) is 6.65. The molecule has 2 aromatic carbocycles. The van der Waals surface area contributed by atoms with E-state index in [1.165, 1.54) is 16.7 Å². The van der Waals surface area contributed by atoms with Crippen LogP contribution in [0.1, 0.15) is 16.7 Å². The molecule has 0 unspecified atom stereocenters. The Morgan fingerprint density at radius 2 is 1.59 bits per heavy atom. The summed E-state index contributed by atoms with van der Waals surface area (Å²) in [5.41, 5.74) is 5.50. The summed E-state index contributed by atoms with van der Waals surface area (Å²) in [5, 5.41) is 6.63. The molecule has 0 atom stereocenters. The lowest BCUT2D eigenvalue weighted by Gasteiger charge is -2.19. The number of hydrogen-bond acceptors (Lipinski definition) is 6. The van der Waals surface area contributed by atoms with Crippen LogP contribution in [0.15, 0.2) is 42.6 Å². The third-order valence-electron chi connectivity index (χ3n) is 4.38. The van der Waals surface area contributed by atoms with Crippen LogP contribution in [0.25, 0.3) is 0 Å². The highest BCUT2D eigenvalue weighted by Gasteiger charge is 2.12. The fourth-order valence-electron chi connectivity index (χ4n) is 3.25. The highest BCUT2D eigenvalue weighted by Crippen LogP contribution is 2.33. The van der Waals surface area contributed by atoms with Crippen LogP contribution in [0.3, 0.4) is 0 Å². The van der Waals surface area contributed by atoms with E-state index < -0.39 is 0 Å². The van der Waals surface area contributed by atoms with E-state index in [9.17, 15) is 0 Å². The van der Waals surface area contributed by atoms with Gasteiger partial charge in [0.2, 0.25) is 5.95 Å². The number of benzene rings is 2. The Morgan fingerprint density at radius 3 is 2.37 bits per heavy atom. The van der Waals surface area contributed by atoms with Crippen LogP contribution in [0.4, 0.5) is 23.1 Å². The molecule has 2 N–H and O–H groups in total. The lowest BCUT2D eigenvalue weighted by atomic mass is 10.1. The Balaban J connectivity index is 1.55. The van der Waals surface area contributed by atoms with Gasteiger partial charge in [0.15, 0.2) is 11.5 Å². The molecular weight excluding hydrogens is 340 g/mol. The molecule has 0 saturated heterocycles. The molecule has 0 aliphatic carbocycles. The van der Waals surface area contributed by atoms with Crippen LogP contribution in [0.2, 0.25) is 0 Å². The maximum atomic E-state index is 5.63. The first kappa shape index (κ1) is 17.1. The van der Waals surface area contributed by atoms with Crippen molar-refractivity contribution in [2.24, 2.45) is 0 Å². The second kappa shape index (κ2) is 7.15. The van der Waals surface area contributed by atoms with Crippen molar-refractivity contribution in [3.63, 3.8) is 0 Å². The molecule has 1 aliphatic heterocycles.